The zero-order valence-electron chi connectivity index (χ0n) is 12.7. The molecule has 1 heterocycles. The van der Waals surface area contributed by atoms with Gasteiger partial charge >= 0.3 is 0 Å². The molecule has 1 aromatic carbocycles. The first-order valence-electron chi connectivity index (χ1n) is 7.24. The topological polar surface area (TPSA) is 49.6 Å². The highest BCUT2D eigenvalue weighted by Crippen LogP contribution is 2.21. The van der Waals surface area contributed by atoms with Gasteiger partial charge in [0.15, 0.2) is 0 Å². The van der Waals surface area contributed by atoms with Crippen molar-refractivity contribution in [2.75, 3.05) is 31.1 Å². The molecule has 0 saturated carbocycles. The van der Waals surface area contributed by atoms with E-state index in [9.17, 15) is 4.79 Å². The summed E-state index contributed by atoms with van der Waals surface area (Å²) < 4.78 is 0. The lowest BCUT2D eigenvalue weighted by Gasteiger charge is -2.39. The van der Waals surface area contributed by atoms with Gasteiger partial charge < -0.3 is 15.5 Å². The van der Waals surface area contributed by atoms with Gasteiger partial charge in [0, 0.05) is 31.9 Å². The van der Waals surface area contributed by atoms with E-state index in [4.69, 9.17) is 5.73 Å². The molecule has 20 heavy (non-hydrogen) atoms. The average molecular weight is 275 g/mol. The lowest BCUT2D eigenvalue weighted by Crippen LogP contribution is -2.56. The molecule has 2 rings (SSSR count). The van der Waals surface area contributed by atoms with E-state index in [0.29, 0.717) is 0 Å². The number of hydrogen-bond acceptors (Lipinski definition) is 3. The van der Waals surface area contributed by atoms with Crippen molar-refractivity contribution in [3.8, 4) is 0 Å². The number of benzene rings is 1. The first-order chi connectivity index (χ1) is 9.39. The van der Waals surface area contributed by atoms with Gasteiger partial charge in [-0.1, -0.05) is 39.0 Å². The van der Waals surface area contributed by atoms with E-state index >= 15 is 0 Å². The Kier molecular flexibility index (Phi) is 4.33. The molecule has 1 amide bonds. The molecule has 4 heteroatoms. The Morgan fingerprint density at radius 2 is 1.65 bits per heavy atom. The number of nitrogens with two attached hydrogens (primary N) is 1. The summed E-state index contributed by atoms with van der Waals surface area (Å²) in [5, 5.41) is 0. The van der Waals surface area contributed by atoms with E-state index in [1.807, 2.05) is 43.9 Å². The van der Waals surface area contributed by atoms with Gasteiger partial charge in [0.05, 0.1) is 6.04 Å². The van der Waals surface area contributed by atoms with Crippen molar-refractivity contribution in [1.29, 1.82) is 0 Å². The third-order valence-electron chi connectivity index (χ3n) is 3.91. The quantitative estimate of drug-likeness (QED) is 0.894. The molecule has 1 atom stereocenters. The van der Waals surface area contributed by atoms with Crippen molar-refractivity contribution in [2.45, 2.75) is 26.8 Å². The number of carbonyl (C=O) groups is 1. The second-order valence-electron chi connectivity index (χ2n) is 6.49. The number of piperazine rings is 1. The molecule has 0 aliphatic carbocycles. The summed E-state index contributed by atoms with van der Waals surface area (Å²) in [6.45, 7) is 9.26. The molecular weight excluding hydrogens is 250 g/mol. The molecule has 0 bridgehead atoms. The van der Waals surface area contributed by atoms with Crippen molar-refractivity contribution < 1.29 is 4.79 Å². The van der Waals surface area contributed by atoms with Crippen LogP contribution in [-0.2, 0) is 4.79 Å². The second kappa shape index (κ2) is 5.83. The summed E-state index contributed by atoms with van der Waals surface area (Å²) >= 11 is 0. The number of para-hydroxylation sites is 1. The molecule has 2 N–H and O–H groups in total. The first kappa shape index (κ1) is 14.9. The Hall–Kier alpha value is -1.55. The minimum atomic E-state index is -0.425. The summed E-state index contributed by atoms with van der Waals surface area (Å²) in [6, 6.07) is 9.90. The van der Waals surface area contributed by atoms with Gasteiger partial charge in [-0.2, -0.15) is 0 Å². The number of amides is 1. The number of hydrogen-bond donors (Lipinski definition) is 1. The summed E-state index contributed by atoms with van der Waals surface area (Å²) in [7, 11) is 0. The maximum Gasteiger partial charge on any atom is 0.240 e. The van der Waals surface area contributed by atoms with Crippen LogP contribution in [0.15, 0.2) is 30.3 Å². The monoisotopic (exact) mass is 275 g/mol. The fourth-order valence-corrected chi connectivity index (χ4v) is 2.39. The van der Waals surface area contributed by atoms with Gasteiger partial charge in [0.25, 0.3) is 0 Å². The van der Waals surface area contributed by atoms with Gasteiger partial charge in [-0.15, -0.1) is 0 Å². The summed E-state index contributed by atoms with van der Waals surface area (Å²) in [5.41, 5.74) is 7.10. The minimum Gasteiger partial charge on any atom is -0.368 e. The summed E-state index contributed by atoms with van der Waals surface area (Å²) in [5.74, 6) is 0.0743. The second-order valence-corrected chi connectivity index (χ2v) is 6.49. The van der Waals surface area contributed by atoms with Crippen LogP contribution in [0.1, 0.15) is 20.8 Å². The zero-order chi connectivity index (χ0) is 14.8. The van der Waals surface area contributed by atoms with E-state index in [0.717, 1.165) is 26.2 Å². The Bertz CT molecular complexity index is 445. The van der Waals surface area contributed by atoms with Crippen molar-refractivity contribution in [3.63, 3.8) is 0 Å². The number of rotatable bonds is 2. The van der Waals surface area contributed by atoms with E-state index in [1.165, 1.54) is 5.69 Å². The maximum absolute atomic E-state index is 12.4. The van der Waals surface area contributed by atoms with Crippen molar-refractivity contribution in [3.05, 3.63) is 30.3 Å². The minimum absolute atomic E-state index is 0.0743. The molecule has 0 unspecified atom stereocenters. The first-order valence-corrected chi connectivity index (χ1v) is 7.24. The SMILES string of the molecule is CC(C)(C)[C@@H](N)C(=O)N1CCN(c2ccccc2)CC1. The van der Waals surface area contributed by atoms with E-state index in [2.05, 4.69) is 17.0 Å². The van der Waals surface area contributed by atoms with Gasteiger partial charge in [-0.25, -0.2) is 0 Å². The normalized spacial score (nSPS) is 18.0. The molecule has 1 aliphatic heterocycles. The molecule has 0 aromatic heterocycles. The van der Waals surface area contributed by atoms with Crippen molar-refractivity contribution >= 4 is 11.6 Å². The Morgan fingerprint density at radius 3 is 2.15 bits per heavy atom. The summed E-state index contributed by atoms with van der Waals surface area (Å²) in [6.07, 6.45) is 0. The highest BCUT2D eigenvalue weighted by molar-refractivity contribution is 5.82. The Labute approximate surface area is 121 Å². The van der Waals surface area contributed by atoms with Crippen molar-refractivity contribution in [2.24, 2.45) is 11.1 Å². The molecule has 0 spiro atoms. The average Bonchev–Trinajstić information content (AvgIpc) is 2.46. The molecule has 110 valence electrons. The van der Waals surface area contributed by atoms with Gasteiger partial charge in [-0.3, -0.25) is 4.79 Å². The standard InChI is InChI=1S/C16H25N3O/c1-16(2,3)14(17)15(20)19-11-9-18(10-12-19)13-7-5-4-6-8-13/h4-8,14H,9-12,17H2,1-3H3/t14-/m0/s1. The highest BCUT2D eigenvalue weighted by Gasteiger charge is 2.32. The fourth-order valence-electron chi connectivity index (χ4n) is 2.39. The van der Waals surface area contributed by atoms with Crippen LogP contribution in [0.5, 0.6) is 0 Å². The molecule has 1 saturated heterocycles. The summed E-state index contributed by atoms with van der Waals surface area (Å²) in [4.78, 5) is 16.6. The van der Waals surface area contributed by atoms with Gasteiger partial charge in [0.1, 0.15) is 0 Å². The fraction of sp³-hybridized carbons (Fsp3) is 0.562. The third-order valence-corrected chi connectivity index (χ3v) is 3.91. The lowest BCUT2D eigenvalue weighted by molar-refractivity contribution is -0.135. The van der Waals surface area contributed by atoms with Crippen LogP contribution in [0.2, 0.25) is 0 Å². The van der Waals surface area contributed by atoms with Crippen LogP contribution in [-0.4, -0.2) is 43.0 Å². The smallest absolute Gasteiger partial charge is 0.240 e. The number of nitrogens with zero attached hydrogens (tertiary/aromatic N) is 2. The molecule has 1 aromatic rings. The predicted octanol–water partition coefficient (Wildman–Crippen LogP) is 1.71. The molecule has 1 fully saturated rings. The molecule has 1 aliphatic rings. The largest absolute Gasteiger partial charge is 0.368 e. The molecule has 0 radical (unpaired) electrons. The van der Waals surface area contributed by atoms with Crippen LogP contribution in [0.25, 0.3) is 0 Å². The zero-order valence-corrected chi connectivity index (χ0v) is 12.7. The maximum atomic E-state index is 12.4. The van der Waals surface area contributed by atoms with Gasteiger partial charge in [0.2, 0.25) is 5.91 Å². The van der Waals surface area contributed by atoms with Crippen LogP contribution in [0.3, 0.4) is 0 Å². The number of anilines is 1. The van der Waals surface area contributed by atoms with Crippen LogP contribution in [0.4, 0.5) is 5.69 Å². The van der Waals surface area contributed by atoms with E-state index < -0.39 is 6.04 Å². The van der Waals surface area contributed by atoms with Crippen LogP contribution in [0, 0.1) is 5.41 Å². The van der Waals surface area contributed by atoms with Crippen LogP contribution >= 0.6 is 0 Å². The number of carbonyl (C=O) groups excluding carboxylic acids is 1. The molecule has 4 nitrogen and oxygen atoms in total. The Morgan fingerprint density at radius 1 is 1.10 bits per heavy atom. The van der Waals surface area contributed by atoms with E-state index in [1.54, 1.807) is 0 Å². The molecular formula is C16H25N3O. The van der Waals surface area contributed by atoms with E-state index in [-0.39, 0.29) is 11.3 Å². The lowest BCUT2D eigenvalue weighted by atomic mass is 9.86. The third kappa shape index (κ3) is 3.31. The van der Waals surface area contributed by atoms with Gasteiger partial charge in [-0.05, 0) is 17.5 Å². The van der Waals surface area contributed by atoms with Crippen molar-refractivity contribution in [1.82, 2.24) is 4.90 Å². The van der Waals surface area contributed by atoms with Crippen LogP contribution < -0.4 is 10.6 Å². The predicted molar refractivity (Wildman–Crippen MR) is 82.7 cm³/mol. The highest BCUT2D eigenvalue weighted by atomic mass is 16.2. The Balaban J connectivity index is 1.93.